The van der Waals surface area contributed by atoms with Crippen LogP contribution in [-0.4, -0.2) is 30.4 Å². The molecule has 3 nitrogen and oxygen atoms in total. The number of hydrogen-bond donors (Lipinski definition) is 1. The quantitative estimate of drug-likeness (QED) is 0.784. The molecule has 3 heteroatoms. The molecule has 0 atom stereocenters. The molecule has 2 aromatic rings. The zero-order valence-corrected chi connectivity index (χ0v) is 16.9. The van der Waals surface area contributed by atoms with Gasteiger partial charge in [-0.05, 0) is 73.2 Å². The van der Waals surface area contributed by atoms with Gasteiger partial charge in [-0.2, -0.15) is 0 Å². The average Bonchev–Trinajstić information content (AvgIpc) is 2.67. The monoisotopic (exact) mass is 364 g/mol. The van der Waals surface area contributed by atoms with Crippen molar-refractivity contribution in [1.82, 2.24) is 4.90 Å². The molecule has 27 heavy (non-hydrogen) atoms. The molecule has 0 unspecified atom stereocenters. The van der Waals surface area contributed by atoms with Crippen LogP contribution in [0.2, 0.25) is 0 Å². The zero-order valence-electron chi connectivity index (χ0n) is 16.9. The van der Waals surface area contributed by atoms with E-state index in [9.17, 15) is 4.79 Å². The highest BCUT2D eigenvalue weighted by atomic mass is 16.1. The van der Waals surface area contributed by atoms with E-state index < -0.39 is 0 Å². The molecule has 144 valence electrons. The van der Waals surface area contributed by atoms with Gasteiger partial charge in [0, 0.05) is 17.8 Å². The summed E-state index contributed by atoms with van der Waals surface area (Å²) in [7, 11) is 0. The van der Waals surface area contributed by atoms with E-state index >= 15 is 0 Å². The third-order valence-corrected chi connectivity index (χ3v) is 5.36. The Bertz CT molecular complexity index is 753. The van der Waals surface area contributed by atoms with Crippen LogP contribution in [0.5, 0.6) is 0 Å². The molecule has 0 saturated carbocycles. The molecule has 1 saturated heterocycles. The van der Waals surface area contributed by atoms with Crippen LogP contribution in [0.15, 0.2) is 48.5 Å². The molecule has 1 amide bonds. The SMILES string of the molecule is CC(C)(C)c1ccc(C(=O)Nc2cccc(CCN3CCCCC3)c2)cc1. The van der Waals surface area contributed by atoms with Gasteiger partial charge in [-0.15, -0.1) is 0 Å². The van der Waals surface area contributed by atoms with Crippen molar-refractivity contribution in [3.8, 4) is 0 Å². The molecule has 1 fully saturated rings. The van der Waals surface area contributed by atoms with Crippen LogP contribution < -0.4 is 5.32 Å². The highest BCUT2D eigenvalue weighted by Crippen LogP contribution is 2.22. The van der Waals surface area contributed by atoms with E-state index in [1.54, 1.807) is 0 Å². The fourth-order valence-corrected chi connectivity index (χ4v) is 3.60. The summed E-state index contributed by atoms with van der Waals surface area (Å²) < 4.78 is 0. The molecule has 1 aliphatic heterocycles. The third kappa shape index (κ3) is 5.67. The number of carbonyl (C=O) groups excluding carboxylic acids is 1. The fraction of sp³-hybridized carbons (Fsp3) is 0.458. The summed E-state index contributed by atoms with van der Waals surface area (Å²) in [4.78, 5) is 15.1. The number of nitrogens with one attached hydrogen (secondary N) is 1. The minimum absolute atomic E-state index is 0.0522. The predicted octanol–water partition coefficient (Wildman–Crippen LogP) is 5.26. The van der Waals surface area contributed by atoms with Gasteiger partial charge in [0.1, 0.15) is 0 Å². The Balaban J connectivity index is 1.59. The Labute approximate surface area is 163 Å². The first-order chi connectivity index (χ1) is 12.9. The van der Waals surface area contributed by atoms with Gasteiger partial charge in [-0.1, -0.05) is 51.5 Å². The van der Waals surface area contributed by atoms with Crippen molar-refractivity contribution >= 4 is 11.6 Å². The summed E-state index contributed by atoms with van der Waals surface area (Å²) in [6.07, 6.45) is 5.05. The molecular weight excluding hydrogens is 332 g/mol. The summed E-state index contributed by atoms with van der Waals surface area (Å²) in [6.45, 7) is 10.1. The Morgan fingerprint density at radius 3 is 2.37 bits per heavy atom. The zero-order chi connectivity index (χ0) is 19.3. The molecule has 1 aliphatic rings. The van der Waals surface area contributed by atoms with Crippen molar-refractivity contribution in [3.05, 3.63) is 65.2 Å². The largest absolute Gasteiger partial charge is 0.322 e. The minimum atomic E-state index is -0.0522. The summed E-state index contributed by atoms with van der Waals surface area (Å²) >= 11 is 0. The first kappa shape index (κ1) is 19.6. The molecule has 2 aromatic carbocycles. The highest BCUT2D eigenvalue weighted by molar-refractivity contribution is 6.04. The summed E-state index contributed by atoms with van der Waals surface area (Å²) in [5.41, 5.74) is 4.18. The number of benzene rings is 2. The standard InChI is InChI=1S/C24H32N2O/c1-24(2,3)21-12-10-20(11-13-21)23(27)25-22-9-7-8-19(18-22)14-17-26-15-5-4-6-16-26/h7-13,18H,4-6,14-17H2,1-3H3,(H,25,27). The van der Waals surface area contributed by atoms with Crippen molar-refractivity contribution in [3.63, 3.8) is 0 Å². The number of carbonyl (C=O) groups is 1. The lowest BCUT2D eigenvalue weighted by Crippen LogP contribution is -2.31. The fourth-order valence-electron chi connectivity index (χ4n) is 3.60. The number of hydrogen-bond acceptors (Lipinski definition) is 2. The summed E-state index contributed by atoms with van der Waals surface area (Å²) in [5.74, 6) is -0.0522. The Hall–Kier alpha value is -2.13. The number of amides is 1. The molecular formula is C24H32N2O. The topological polar surface area (TPSA) is 32.3 Å². The Morgan fingerprint density at radius 2 is 1.70 bits per heavy atom. The van der Waals surface area contributed by atoms with Gasteiger partial charge in [0.15, 0.2) is 0 Å². The van der Waals surface area contributed by atoms with Crippen molar-refractivity contribution in [2.24, 2.45) is 0 Å². The number of anilines is 1. The smallest absolute Gasteiger partial charge is 0.255 e. The van der Waals surface area contributed by atoms with E-state index in [-0.39, 0.29) is 11.3 Å². The second-order valence-electron chi connectivity index (χ2n) is 8.63. The molecule has 1 heterocycles. The normalized spacial score (nSPS) is 15.5. The van der Waals surface area contributed by atoms with Gasteiger partial charge in [0.2, 0.25) is 0 Å². The van der Waals surface area contributed by atoms with Gasteiger partial charge >= 0.3 is 0 Å². The van der Waals surface area contributed by atoms with Gasteiger partial charge in [-0.3, -0.25) is 4.79 Å². The van der Waals surface area contributed by atoms with Crippen LogP contribution in [0.3, 0.4) is 0 Å². The van der Waals surface area contributed by atoms with Crippen LogP contribution >= 0.6 is 0 Å². The van der Waals surface area contributed by atoms with Crippen LogP contribution in [-0.2, 0) is 11.8 Å². The first-order valence-corrected chi connectivity index (χ1v) is 10.1. The maximum absolute atomic E-state index is 12.6. The van der Waals surface area contributed by atoms with Gasteiger partial charge < -0.3 is 10.2 Å². The van der Waals surface area contributed by atoms with Crippen molar-refractivity contribution in [2.45, 2.75) is 51.9 Å². The maximum Gasteiger partial charge on any atom is 0.255 e. The second kappa shape index (κ2) is 8.71. The van der Waals surface area contributed by atoms with Crippen molar-refractivity contribution in [1.29, 1.82) is 0 Å². The van der Waals surface area contributed by atoms with E-state index in [1.807, 2.05) is 36.4 Å². The molecule has 0 spiro atoms. The molecule has 0 radical (unpaired) electrons. The molecule has 3 rings (SSSR count). The van der Waals surface area contributed by atoms with Crippen molar-refractivity contribution < 1.29 is 4.79 Å². The predicted molar refractivity (Wildman–Crippen MR) is 114 cm³/mol. The van der Waals surface area contributed by atoms with E-state index in [0.717, 1.165) is 18.7 Å². The number of piperidine rings is 1. The van der Waals surface area contributed by atoms with Crippen LogP contribution in [0, 0.1) is 0 Å². The second-order valence-corrected chi connectivity index (χ2v) is 8.63. The molecule has 0 aliphatic carbocycles. The number of likely N-dealkylation sites (tertiary alicyclic amines) is 1. The van der Waals surface area contributed by atoms with E-state index in [1.165, 1.54) is 43.5 Å². The maximum atomic E-state index is 12.6. The van der Waals surface area contributed by atoms with Crippen LogP contribution in [0.25, 0.3) is 0 Å². The van der Waals surface area contributed by atoms with Gasteiger partial charge in [0.25, 0.3) is 5.91 Å². The number of nitrogens with zero attached hydrogens (tertiary/aromatic N) is 1. The van der Waals surface area contributed by atoms with E-state index in [4.69, 9.17) is 0 Å². The lowest BCUT2D eigenvalue weighted by molar-refractivity contribution is 0.102. The Morgan fingerprint density at radius 1 is 1.00 bits per heavy atom. The van der Waals surface area contributed by atoms with E-state index in [2.05, 4.69) is 43.1 Å². The highest BCUT2D eigenvalue weighted by Gasteiger charge is 2.14. The Kier molecular flexibility index (Phi) is 6.33. The number of rotatable bonds is 5. The first-order valence-electron chi connectivity index (χ1n) is 10.1. The third-order valence-electron chi connectivity index (χ3n) is 5.36. The molecule has 1 N–H and O–H groups in total. The van der Waals surface area contributed by atoms with Crippen LogP contribution in [0.4, 0.5) is 5.69 Å². The van der Waals surface area contributed by atoms with Gasteiger partial charge in [-0.25, -0.2) is 0 Å². The summed E-state index contributed by atoms with van der Waals surface area (Å²) in [6, 6.07) is 16.2. The molecule has 0 aromatic heterocycles. The van der Waals surface area contributed by atoms with Crippen molar-refractivity contribution in [2.75, 3.05) is 25.0 Å². The molecule has 0 bridgehead atoms. The van der Waals surface area contributed by atoms with E-state index in [0.29, 0.717) is 5.56 Å². The van der Waals surface area contributed by atoms with Crippen LogP contribution in [0.1, 0.15) is 61.5 Å². The summed E-state index contributed by atoms with van der Waals surface area (Å²) in [5, 5.41) is 3.04. The van der Waals surface area contributed by atoms with Gasteiger partial charge in [0.05, 0.1) is 0 Å². The lowest BCUT2D eigenvalue weighted by Gasteiger charge is -2.26. The lowest BCUT2D eigenvalue weighted by atomic mass is 9.87. The average molecular weight is 365 g/mol. The minimum Gasteiger partial charge on any atom is -0.322 e.